The van der Waals surface area contributed by atoms with E-state index in [9.17, 15) is 9.59 Å². The maximum Gasteiger partial charge on any atom is 0.257 e. The van der Waals surface area contributed by atoms with Gasteiger partial charge in [0.25, 0.3) is 5.91 Å². The largest absolute Gasteiger partial charge is 0.472 e. The van der Waals surface area contributed by atoms with Crippen molar-refractivity contribution in [3.8, 4) is 0 Å². The van der Waals surface area contributed by atoms with Crippen molar-refractivity contribution in [1.29, 1.82) is 0 Å². The van der Waals surface area contributed by atoms with E-state index in [-0.39, 0.29) is 23.8 Å². The normalized spacial score (nSPS) is 21.0. The fraction of sp³-hybridized carbons (Fsp3) is 0.474. The van der Waals surface area contributed by atoms with Crippen molar-refractivity contribution >= 4 is 11.8 Å². The number of carbonyl (C=O) groups is 2. The number of carbonyl (C=O) groups excluding carboxylic acids is 2. The summed E-state index contributed by atoms with van der Waals surface area (Å²) in [7, 11) is 0. The molecule has 0 saturated carbocycles. The second kappa shape index (κ2) is 6.78. The van der Waals surface area contributed by atoms with Gasteiger partial charge in [-0.05, 0) is 37.8 Å². The summed E-state index contributed by atoms with van der Waals surface area (Å²) >= 11 is 0. The third-order valence-corrected chi connectivity index (χ3v) is 5.29. The summed E-state index contributed by atoms with van der Waals surface area (Å²) in [6.07, 6.45) is 8.99. The molecule has 1 aliphatic carbocycles. The molecule has 0 aromatic carbocycles. The molecule has 0 spiro atoms. The van der Waals surface area contributed by atoms with Crippen molar-refractivity contribution < 1.29 is 18.4 Å². The molecule has 2 amide bonds. The van der Waals surface area contributed by atoms with E-state index in [1.807, 2.05) is 6.07 Å². The van der Waals surface area contributed by atoms with Gasteiger partial charge in [0.15, 0.2) is 0 Å². The van der Waals surface area contributed by atoms with Crippen LogP contribution in [-0.4, -0.2) is 29.8 Å². The van der Waals surface area contributed by atoms with E-state index in [1.54, 1.807) is 17.2 Å². The zero-order valence-corrected chi connectivity index (χ0v) is 14.1. The van der Waals surface area contributed by atoms with Crippen LogP contribution in [0.2, 0.25) is 0 Å². The van der Waals surface area contributed by atoms with Crippen LogP contribution in [0.3, 0.4) is 0 Å². The summed E-state index contributed by atoms with van der Waals surface area (Å²) in [4.78, 5) is 26.8. The van der Waals surface area contributed by atoms with Crippen molar-refractivity contribution in [2.24, 2.45) is 5.92 Å². The third-order valence-electron chi connectivity index (χ3n) is 5.29. The van der Waals surface area contributed by atoms with Crippen molar-refractivity contribution in [3.05, 3.63) is 47.8 Å². The minimum atomic E-state index is -0.0364. The van der Waals surface area contributed by atoms with Crippen LogP contribution in [-0.2, 0) is 11.2 Å². The van der Waals surface area contributed by atoms with E-state index < -0.39 is 0 Å². The van der Waals surface area contributed by atoms with Crippen LogP contribution >= 0.6 is 0 Å². The summed E-state index contributed by atoms with van der Waals surface area (Å²) in [5.74, 6) is 1.03. The number of furan rings is 2. The van der Waals surface area contributed by atoms with Crippen molar-refractivity contribution in [2.45, 2.75) is 38.1 Å². The minimum Gasteiger partial charge on any atom is -0.472 e. The number of nitrogens with zero attached hydrogens (tertiary/aromatic N) is 1. The van der Waals surface area contributed by atoms with Gasteiger partial charge in [0.2, 0.25) is 5.91 Å². The molecule has 25 heavy (non-hydrogen) atoms. The second-order valence-corrected chi connectivity index (χ2v) is 6.83. The van der Waals surface area contributed by atoms with Crippen molar-refractivity contribution in [3.63, 3.8) is 0 Å². The molecule has 132 valence electrons. The van der Waals surface area contributed by atoms with Gasteiger partial charge in [0.1, 0.15) is 12.0 Å². The Labute approximate surface area is 146 Å². The first-order valence-electron chi connectivity index (χ1n) is 8.90. The number of nitrogens with one attached hydrogen (secondary N) is 1. The first kappa shape index (κ1) is 16.0. The Morgan fingerprint density at radius 1 is 1.12 bits per heavy atom. The molecular weight excluding hydrogens is 320 g/mol. The van der Waals surface area contributed by atoms with Crippen LogP contribution in [0.25, 0.3) is 0 Å². The Morgan fingerprint density at radius 3 is 2.72 bits per heavy atom. The summed E-state index contributed by atoms with van der Waals surface area (Å²) in [5, 5.41) is 3.19. The Balaban J connectivity index is 1.32. The molecule has 1 unspecified atom stereocenters. The lowest BCUT2D eigenvalue weighted by Crippen LogP contribution is -2.44. The zero-order chi connectivity index (χ0) is 17.2. The fourth-order valence-corrected chi connectivity index (χ4v) is 3.84. The maximum absolute atomic E-state index is 12.6. The molecule has 1 N–H and O–H groups in total. The highest BCUT2D eigenvalue weighted by molar-refractivity contribution is 5.94. The Hall–Kier alpha value is -2.50. The molecule has 6 nitrogen and oxygen atoms in total. The van der Waals surface area contributed by atoms with E-state index in [0.29, 0.717) is 31.5 Å². The highest BCUT2D eigenvalue weighted by Crippen LogP contribution is 2.31. The number of rotatable bonds is 3. The number of fused-ring (bicyclic) bond motifs is 1. The van der Waals surface area contributed by atoms with Crippen molar-refractivity contribution in [1.82, 2.24) is 10.2 Å². The molecule has 1 atom stereocenters. The molecule has 3 heterocycles. The third kappa shape index (κ3) is 3.21. The van der Waals surface area contributed by atoms with Gasteiger partial charge in [-0.3, -0.25) is 9.59 Å². The molecule has 2 aromatic rings. The molecule has 0 radical (unpaired) electrons. The van der Waals surface area contributed by atoms with Gasteiger partial charge in [0.05, 0.1) is 24.1 Å². The topological polar surface area (TPSA) is 75.7 Å². The Bertz CT molecular complexity index is 741. The summed E-state index contributed by atoms with van der Waals surface area (Å²) in [6.45, 7) is 1.20. The monoisotopic (exact) mass is 342 g/mol. The molecular formula is C19H22N2O4. The van der Waals surface area contributed by atoms with E-state index in [1.165, 1.54) is 12.5 Å². The highest BCUT2D eigenvalue weighted by atomic mass is 16.3. The lowest BCUT2D eigenvalue weighted by atomic mass is 9.91. The average Bonchev–Trinajstić information content (AvgIpc) is 3.33. The quantitative estimate of drug-likeness (QED) is 0.930. The van der Waals surface area contributed by atoms with E-state index in [2.05, 4.69) is 5.32 Å². The van der Waals surface area contributed by atoms with Crippen LogP contribution < -0.4 is 5.32 Å². The first-order chi connectivity index (χ1) is 12.2. The van der Waals surface area contributed by atoms with Gasteiger partial charge in [0, 0.05) is 31.0 Å². The predicted octanol–water partition coefficient (Wildman–Crippen LogP) is 2.92. The van der Waals surface area contributed by atoms with Crippen LogP contribution in [0.5, 0.6) is 0 Å². The number of amides is 2. The smallest absolute Gasteiger partial charge is 0.257 e. The predicted molar refractivity (Wildman–Crippen MR) is 89.9 cm³/mol. The van der Waals surface area contributed by atoms with Gasteiger partial charge in [-0.2, -0.15) is 0 Å². The molecule has 4 rings (SSSR count). The second-order valence-electron chi connectivity index (χ2n) is 6.83. The Morgan fingerprint density at radius 2 is 1.96 bits per heavy atom. The van der Waals surface area contributed by atoms with Crippen LogP contribution in [0.1, 0.15) is 53.4 Å². The van der Waals surface area contributed by atoms with Gasteiger partial charge in [-0.1, -0.05) is 0 Å². The molecule has 1 aliphatic heterocycles. The van der Waals surface area contributed by atoms with E-state index in [0.717, 1.165) is 30.6 Å². The zero-order valence-electron chi connectivity index (χ0n) is 14.1. The highest BCUT2D eigenvalue weighted by Gasteiger charge is 2.31. The molecule has 2 aliphatic rings. The van der Waals surface area contributed by atoms with Gasteiger partial charge in [-0.15, -0.1) is 0 Å². The molecule has 0 bridgehead atoms. The maximum atomic E-state index is 12.6. The standard InChI is InChI=1S/C19H22N2O4/c22-18(20-16-2-1-3-17-15(16)7-11-25-17)13-4-8-21(9-5-13)19(23)14-6-10-24-12-14/h6-7,10-13,16H,1-5,8-9H2,(H,20,22). The molecule has 1 saturated heterocycles. The minimum absolute atomic E-state index is 0.0251. The van der Waals surface area contributed by atoms with Crippen LogP contribution in [0.15, 0.2) is 39.8 Å². The number of hydrogen-bond donors (Lipinski definition) is 1. The lowest BCUT2D eigenvalue weighted by molar-refractivity contribution is -0.127. The SMILES string of the molecule is O=C(NC1CCCc2occc21)C1CCN(C(=O)c2ccoc2)CC1. The number of likely N-dealkylation sites (tertiary alicyclic amines) is 1. The summed E-state index contributed by atoms with van der Waals surface area (Å²) in [5.41, 5.74) is 1.68. The van der Waals surface area contributed by atoms with Crippen molar-refractivity contribution in [2.75, 3.05) is 13.1 Å². The molecule has 2 aromatic heterocycles. The fourth-order valence-electron chi connectivity index (χ4n) is 3.84. The number of piperidine rings is 1. The lowest BCUT2D eigenvalue weighted by Gasteiger charge is -2.32. The van der Waals surface area contributed by atoms with Crippen LogP contribution in [0.4, 0.5) is 0 Å². The van der Waals surface area contributed by atoms with E-state index in [4.69, 9.17) is 8.83 Å². The summed E-state index contributed by atoms with van der Waals surface area (Å²) in [6, 6.07) is 3.69. The summed E-state index contributed by atoms with van der Waals surface area (Å²) < 4.78 is 10.5. The number of hydrogen-bond acceptors (Lipinski definition) is 4. The Kier molecular flexibility index (Phi) is 4.34. The molecule has 1 fully saturated rings. The van der Waals surface area contributed by atoms with Gasteiger partial charge in [-0.25, -0.2) is 0 Å². The average molecular weight is 342 g/mol. The first-order valence-corrected chi connectivity index (χ1v) is 8.90. The van der Waals surface area contributed by atoms with E-state index >= 15 is 0 Å². The number of aryl methyl sites for hydroxylation is 1. The van der Waals surface area contributed by atoms with Gasteiger partial charge >= 0.3 is 0 Å². The van der Waals surface area contributed by atoms with Gasteiger partial charge < -0.3 is 19.1 Å². The van der Waals surface area contributed by atoms with Crippen LogP contribution in [0, 0.1) is 5.92 Å². The molecule has 6 heteroatoms.